The van der Waals surface area contributed by atoms with Gasteiger partial charge in [-0.1, -0.05) is 12.1 Å². The van der Waals surface area contributed by atoms with Crippen LogP contribution in [0.25, 0.3) is 11.0 Å². The second kappa shape index (κ2) is 11.7. The maximum absolute atomic E-state index is 13.3. The van der Waals surface area contributed by atoms with E-state index in [1.165, 1.54) is 11.5 Å². The van der Waals surface area contributed by atoms with Crippen LogP contribution in [0.4, 0.5) is 10.5 Å². The van der Waals surface area contributed by atoms with E-state index >= 15 is 0 Å². The maximum atomic E-state index is 13.3. The summed E-state index contributed by atoms with van der Waals surface area (Å²) in [4.78, 5) is 42.2. The number of carbonyl (C=O) groups is 2. The number of nitrogens with one attached hydrogen (secondary N) is 1. The molecule has 1 N–H and O–H groups in total. The molecule has 4 aromatic rings. The number of amides is 2. The summed E-state index contributed by atoms with van der Waals surface area (Å²) in [7, 11) is 0. The Labute approximate surface area is 238 Å². The van der Waals surface area contributed by atoms with Crippen molar-refractivity contribution in [1.82, 2.24) is 24.2 Å². The smallest absolute Gasteiger partial charge is 0.410 e. The van der Waals surface area contributed by atoms with Gasteiger partial charge < -0.3 is 15.0 Å². The van der Waals surface area contributed by atoms with E-state index in [-0.39, 0.29) is 12.0 Å². The van der Waals surface area contributed by atoms with Crippen molar-refractivity contribution in [3.63, 3.8) is 0 Å². The van der Waals surface area contributed by atoms with Crippen molar-refractivity contribution in [3.8, 4) is 0 Å². The molecule has 0 bridgehead atoms. The largest absolute Gasteiger partial charge is 0.444 e. The van der Waals surface area contributed by atoms with Gasteiger partial charge in [0.25, 0.3) is 5.91 Å². The van der Waals surface area contributed by atoms with Crippen LogP contribution in [-0.2, 0) is 17.6 Å². The molecule has 40 heavy (non-hydrogen) atoms. The summed E-state index contributed by atoms with van der Waals surface area (Å²) in [5, 5.41) is 2.98. The molecule has 0 saturated carbocycles. The molecule has 1 unspecified atom stereocenters. The molecule has 1 aliphatic rings. The van der Waals surface area contributed by atoms with E-state index in [0.29, 0.717) is 35.8 Å². The number of rotatable bonds is 6. The first kappa shape index (κ1) is 27.6. The van der Waals surface area contributed by atoms with Crippen LogP contribution in [0.3, 0.4) is 0 Å². The topological polar surface area (TPSA) is 110 Å². The van der Waals surface area contributed by atoms with Gasteiger partial charge in [0.05, 0.1) is 39.9 Å². The van der Waals surface area contributed by atoms with Gasteiger partial charge >= 0.3 is 6.09 Å². The molecule has 4 heterocycles. The van der Waals surface area contributed by atoms with Crippen molar-refractivity contribution in [2.45, 2.75) is 59.0 Å². The number of para-hydroxylation sites is 2. The molecular formula is C30H34N6O3S. The number of fused-ring (bicyclic) bond motifs is 1. The highest BCUT2D eigenvalue weighted by atomic mass is 32.1. The number of nitrogens with zero attached hydrogens (tertiary/aromatic N) is 5. The van der Waals surface area contributed by atoms with E-state index in [9.17, 15) is 9.59 Å². The van der Waals surface area contributed by atoms with Gasteiger partial charge in [-0.15, -0.1) is 0 Å². The molecule has 5 rings (SSSR count). The first-order valence-corrected chi connectivity index (χ1v) is 14.3. The molecule has 1 aliphatic heterocycles. The molecule has 1 atom stereocenters. The van der Waals surface area contributed by atoms with Gasteiger partial charge in [-0.2, -0.15) is 4.37 Å². The van der Waals surface area contributed by atoms with Crippen LogP contribution in [0.2, 0.25) is 0 Å². The van der Waals surface area contributed by atoms with E-state index in [0.717, 1.165) is 53.1 Å². The molecule has 0 aliphatic carbocycles. The summed E-state index contributed by atoms with van der Waals surface area (Å²) >= 11 is 1.31. The number of hydrogen-bond donors (Lipinski definition) is 1. The second-order valence-electron chi connectivity index (χ2n) is 11.2. The Morgan fingerprint density at radius 2 is 1.88 bits per heavy atom. The van der Waals surface area contributed by atoms with Crippen molar-refractivity contribution in [2.75, 3.05) is 18.4 Å². The van der Waals surface area contributed by atoms with Gasteiger partial charge in [-0.3, -0.25) is 14.8 Å². The number of hydrogen-bond acceptors (Lipinski definition) is 8. The number of pyridine rings is 1. The molecule has 1 aromatic carbocycles. The number of anilines is 1. The highest BCUT2D eigenvalue weighted by Gasteiger charge is 2.28. The predicted octanol–water partition coefficient (Wildman–Crippen LogP) is 5.82. The molecule has 3 aromatic heterocycles. The first-order valence-electron chi connectivity index (χ1n) is 13.5. The van der Waals surface area contributed by atoms with Gasteiger partial charge in [0, 0.05) is 36.3 Å². The molecular weight excluding hydrogens is 524 g/mol. The zero-order valence-electron chi connectivity index (χ0n) is 23.3. The highest BCUT2D eigenvalue weighted by Crippen LogP contribution is 2.25. The average molecular weight is 559 g/mol. The zero-order chi connectivity index (χ0) is 28.3. The van der Waals surface area contributed by atoms with Crippen molar-refractivity contribution >= 4 is 40.3 Å². The van der Waals surface area contributed by atoms with Crippen LogP contribution < -0.4 is 5.32 Å². The van der Waals surface area contributed by atoms with Crippen LogP contribution in [0.5, 0.6) is 0 Å². The summed E-state index contributed by atoms with van der Waals surface area (Å²) in [6, 6.07) is 11.5. The lowest BCUT2D eigenvalue weighted by Gasteiger charge is -2.34. The number of carbonyl (C=O) groups excluding carboxylic acids is 2. The minimum Gasteiger partial charge on any atom is -0.444 e. The van der Waals surface area contributed by atoms with Gasteiger partial charge in [0.1, 0.15) is 5.60 Å². The number of ether oxygens (including phenoxy) is 1. The Morgan fingerprint density at radius 3 is 2.62 bits per heavy atom. The Balaban J connectivity index is 1.20. The zero-order valence-corrected chi connectivity index (χ0v) is 24.1. The van der Waals surface area contributed by atoms with Crippen LogP contribution >= 0.6 is 11.5 Å². The summed E-state index contributed by atoms with van der Waals surface area (Å²) in [5.74, 6) is 0.0966. The van der Waals surface area contributed by atoms with E-state index in [1.807, 2.05) is 64.1 Å². The Hall–Kier alpha value is -3.92. The van der Waals surface area contributed by atoms with Gasteiger partial charge in [0.2, 0.25) is 0 Å². The van der Waals surface area contributed by atoms with Crippen molar-refractivity contribution in [1.29, 1.82) is 0 Å². The summed E-state index contributed by atoms with van der Waals surface area (Å²) < 4.78 is 9.98. The Morgan fingerprint density at radius 1 is 1.07 bits per heavy atom. The van der Waals surface area contributed by atoms with Gasteiger partial charge in [-0.25, -0.2) is 9.78 Å². The molecule has 1 fully saturated rings. The SMILES string of the molecule is Cc1nsc(Cc2cnc3ccccc3n2)c1C(=O)Nc1ccc(CC2CCCN(C(=O)OC(C)(C)C)C2)nc1. The first-order chi connectivity index (χ1) is 19.1. The minimum absolute atomic E-state index is 0.218. The van der Waals surface area contributed by atoms with E-state index < -0.39 is 5.60 Å². The van der Waals surface area contributed by atoms with Crippen LogP contribution in [0.15, 0.2) is 48.8 Å². The fraction of sp³-hybridized carbons (Fsp3) is 0.400. The lowest BCUT2D eigenvalue weighted by atomic mass is 9.93. The number of piperidine rings is 1. The van der Waals surface area contributed by atoms with E-state index in [2.05, 4.69) is 19.7 Å². The lowest BCUT2D eigenvalue weighted by molar-refractivity contribution is 0.0165. The van der Waals surface area contributed by atoms with Gasteiger partial charge in [-0.05, 0) is 88.7 Å². The maximum Gasteiger partial charge on any atom is 0.410 e. The third-order valence-electron chi connectivity index (χ3n) is 6.75. The quantitative estimate of drug-likeness (QED) is 0.317. The molecule has 10 heteroatoms. The van der Waals surface area contributed by atoms with Crippen LogP contribution in [0, 0.1) is 12.8 Å². The van der Waals surface area contributed by atoms with Crippen molar-refractivity contribution < 1.29 is 14.3 Å². The fourth-order valence-corrected chi connectivity index (χ4v) is 5.79. The Bertz CT molecular complexity index is 1510. The predicted molar refractivity (Wildman–Crippen MR) is 156 cm³/mol. The standard InChI is InChI=1S/C30H34N6O3S/c1-19-27(26(40-35-19)15-23-17-32-24-9-5-6-10-25(24)33-23)28(37)34-22-12-11-21(31-16-22)14-20-8-7-13-36(18-20)29(38)39-30(2,3)4/h5-6,9-12,16-17,20H,7-8,13-15,18H2,1-4H3,(H,34,37). The monoisotopic (exact) mass is 558 g/mol. The number of aromatic nitrogens is 4. The normalized spacial score (nSPS) is 15.7. The second-order valence-corrected chi connectivity index (χ2v) is 12.1. The molecule has 9 nitrogen and oxygen atoms in total. The molecule has 208 valence electrons. The Kier molecular flexibility index (Phi) is 8.07. The van der Waals surface area contributed by atoms with Crippen molar-refractivity contribution in [2.24, 2.45) is 5.92 Å². The molecule has 0 spiro atoms. The number of aryl methyl sites for hydroxylation is 1. The molecule has 2 amide bonds. The number of likely N-dealkylation sites (tertiary alicyclic amines) is 1. The third kappa shape index (κ3) is 6.80. The summed E-state index contributed by atoms with van der Waals surface area (Å²) in [6.45, 7) is 8.86. The van der Waals surface area contributed by atoms with Crippen molar-refractivity contribution in [3.05, 3.63) is 76.3 Å². The fourth-order valence-electron chi connectivity index (χ4n) is 4.91. The minimum atomic E-state index is -0.505. The number of benzene rings is 1. The third-order valence-corrected chi connectivity index (χ3v) is 7.69. The molecule has 1 saturated heterocycles. The van der Waals surface area contributed by atoms with Crippen LogP contribution in [-0.4, -0.2) is 54.9 Å². The van der Waals surface area contributed by atoms with Crippen LogP contribution in [0.1, 0.15) is 65.9 Å². The van der Waals surface area contributed by atoms with E-state index in [1.54, 1.807) is 17.3 Å². The highest BCUT2D eigenvalue weighted by molar-refractivity contribution is 7.06. The van der Waals surface area contributed by atoms with E-state index in [4.69, 9.17) is 9.72 Å². The molecule has 0 radical (unpaired) electrons. The lowest BCUT2D eigenvalue weighted by Crippen LogP contribution is -2.43. The van der Waals surface area contributed by atoms with Gasteiger partial charge in [0.15, 0.2) is 0 Å². The average Bonchev–Trinajstić information content (AvgIpc) is 3.28. The summed E-state index contributed by atoms with van der Waals surface area (Å²) in [5.41, 5.74) is 4.74. The summed E-state index contributed by atoms with van der Waals surface area (Å²) in [6.07, 6.45) is 6.40.